The number of benzene rings is 2. The largest absolute Gasteiger partial charge is 0.289 e. The number of carbonyl (C=O) groups is 1. The van der Waals surface area contributed by atoms with Crippen LogP contribution in [0.1, 0.15) is 21.5 Å². The van der Waals surface area contributed by atoms with E-state index in [1.54, 1.807) is 11.8 Å². The van der Waals surface area contributed by atoms with Gasteiger partial charge >= 0.3 is 0 Å². The summed E-state index contributed by atoms with van der Waals surface area (Å²) in [6.07, 6.45) is 2.02. The van der Waals surface area contributed by atoms with Gasteiger partial charge < -0.3 is 0 Å². The van der Waals surface area contributed by atoms with Gasteiger partial charge in [-0.15, -0.1) is 11.8 Å². The summed E-state index contributed by atoms with van der Waals surface area (Å²) in [6, 6.07) is 11.5. The van der Waals surface area contributed by atoms with Crippen molar-refractivity contribution in [3.8, 4) is 0 Å². The van der Waals surface area contributed by atoms with Crippen molar-refractivity contribution in [1.29, 1.82) is 0 Å². The molecule has 2 aromatic carbocycles. The summed E-state index contributed by atoms with van der Waals surface area (Å²) in [5, 5.41) is 0. The van der Waals surface area contributed by atoms with Crippen molar-refractivity contribution in [3.05, 3.63) is 62.0 Å². The summed E-state index contributed by atoms with van der Waals surface area (Å²) in [5.41, 5.74) is 2.48. The third-order valence-corrected chi connectivity index (χ3v) is 5.10. The van der Waals surface area contributed by atoms with E-state index >= 15 is 0 Å². The molecular formula is C15H12Br2OS. The van der Waals surface area contributed by atoms with E-state index in [-0.39, 0.29) is 5.78 Å². The van der Waals surface area contributed by atoms with Crippen LogP contribution in [0.4, 0.5) is 0 Å². The molecule has 2 rings (SSSR count). The summed E-state index contributed by atoms with van der Waals surface area (Å²) >= 11 is 8.59. The molecule has 98 valence electrons. The minimum Gasteiger partial charge on any atom is -0.289 e. The number of ketones is 1. The van der Waals surface area contributed by atoms with Crippen LogP contribution in [0, 0.1) is 6.92 Å². The molecule has 0 saturated heterocycles. The molecule has 0 fully saturated rings. The SMILES string of the molecule is CSc1ccc(C(=O)c2cc(Br)c(C)cc2Br)cc1. The maximum atomic E-state index is 12.5. The Kier molecular flexibility index (Phi) is 4.87. The second-order valence-corrected chi connectivity index (χ2v) is 6.73. The molecule has 0 radical (unpaired) electrons. The van der Waals surface area contributed by atoms with Crippen molar-refractivity contribution in [3.63, 3.8) is 0 Å². The van der Waals surface area contributed by atoms with Gasteiger partial charge in [-0.25, -0.2) is 0 Å². The first-order valence-corrected chi connectivity index (χ1v) is 8.48. The molecule has 0 amide bonds. The monoisotopic (exact) mass is 398 g/mol. The van der Waals surface area contributed by atoms with E-state index in [2.05, 4.69) is 31.9 Å². The Bertz CT molecular complexity index is 621. The van der Waals surface area contributed by atoms with Gasteiger partial charge in [-0.3, -0.25) is 4.79 Å². The molecule has 0 heterocycles. The zero-order valence-electron chi connectivity index (χ0n) is 10.5. The number of carbonyl (C=O) groups excluding carboxylic acids is 1. The molecule has 0 bridgehead atoms. The van der Waals surface area contributed by atoms with Crippen molar-refractivity contribution in [1.82, 2.24) is 0 Å². The van der Waals surface area contributed by atoms with E-state index in [1.165, 1.54) is 0 Å². The molecule has 4 heteroatoms. The van der Waals surface area contributed by atoms with E-state index < -0.39 is 0 Å². The highest BCUT2D eigenvalue weighted by Crippen LogP contribution is 2.27. The lowest BCUT2D eigenvalue weighted by atomic mass is 10.0. The van der Waals surface area contributed by atoms with Crippen LogP contribution in [0.25, 0.3) is 0 Å². The van der Waals surface area contributed by atoms with E-state index in [4.69, 9.17) is 0 Å². The molecule has 0 aliphatic heterocycles. The Morgan fingerprint density at radius 2 is 1.68 bits per heavy atom. The van der Waals surface area contributed by atoms with Crippen molar-refractivity contribution in [2.45, 2.75) is 11.8 Å². The standard InChI is InChI=1S/C15H12Br2OS/c1-9-7-14(17)12(8-13(9)16)15(18)10-3-5-11(19-2)6-4-10/h3-8H,1-2H3. The van der Waals surface area contributed by atoms with E-state index in [0.29, 0.717) is 11.1 Å². The van der Waals surface area contributed by atoms with Gasteiger partial charge in [0, 0.05) is 25.0 Å². The number of thioether (sulfide) groups is 1. The maximum absolute atomic E-state index is 12.5. The molecule has 0 aromatic heterocycles. The maximum Gasteiger partial charge on any atom is 0.194 e. The molecule has 0 atom stereocenters. The van der Waals surface area contributed by atoms with Crippen molar-refractivity contribution < 1.29 is 4.79 Å². The molecule has 0 spiro atoms. The highest BCUT2D eigenvalue weighted by Gasteiger charge is 2.14. The second-order valence-electron chi connectivity index (χ2n) is 4.14. The predicted molar refractivity (Wildman–Crippen MR) is 88.2 cm³/mol. The van der Waals surface area contributed by atoms with Crippen LogP contribution in [-0.2, 0) is 0 Å². The van der Waals surface area contributed by atoms with Gasteiger partial charge in [0.15, 0.2) is 5.78 Å². The summed E-state index contributed by atoms with van der Waals surface area (Å²) in [6.45, 7) is 2.00. The van der Waals surface area contributed by atoms with Crippen LogP contribution in [0.5, 0.6) is 0 Å². The first kappa shape index (κ1) is 14.8. The fraction of sp³-hybridized carbons (Fsp3) is 0.133. The van der Waals surface area contributed by atoms with Crippen molar-refractivity contribution in [2.75, 3.05) is 6.26 Å². The van der Waals surface area contributed by atoms with Gasteiger partial charge in [-0.05, 0) is 55.1 Å². The lowest BCUT2D eigenvalue weighted by molar-refractivity contribution is 0.103. The lowest BCUT2D eigenvalue weighted by Gasteiger charge is -2.07. The molecule has 0 aliphatic carbocycles. The molecule has 19 heavy (non-hydrogen) atoms. The topological polar surface area (TPSA) is 17.1 Å². The van der Waals surface area contributed by atoms with Crippen LogP contribution < -0.4 is 0 Å². The Labute approximate surface area is 134 Å². The normalized spacial score (nSPS) is 10.5. The van der Waals surface area contributed by atoms with Crippen LogP contribution in [0.3, 0.4) is 0 Å². The molecule has 0 saturated carbocycles. The lowest BCUT2D eigenvalue weighted by Crippen LogP contribution is -2.03. The summed E-state index contributed by atoms with van der Waals surface area (Å²) in [4.78, 5) is 13.6. The number of halogens is 2. The van der Waals surface area contributed by atoms with Crippen LogP contribution in [0.2, 0.25) is 0 Å². The van der Waals surface area contributed by atoms with Gasteiger partial charge in [-0.2, -0.15) is 0 Å². The average molecular weight is 400 g/mol. The van der Waals surface area contributed by atoms with E-state index in [1.807, 2.05) is 49.6 Å². The highest BCUT2D eigenvalue weighted by molar-refractivity contribution is 9.11. The summed E-state index contributed by atoms with van der Waals surface area (Å²) in [5.74, 6) is 0.0280. The number of aryl methyl sites for hydroxylation is 1. The van der Waals surface area contributed by atoms with Crippen LogP contribution >= 0.6 is 43.6 Å². The fourth-order valence-corrected chi connectivity index (χ4v) is 3.11. The minimum absolute atomic E-state index is 0.0280. The summed E-state index contributed by atoms with van der Waals surface area (Å²) < 4.78 is 1.77. The smallest absolute Gasteiger partial charge is 0.194 e. The molecule has 1 nitrogen and oxygen atoms in total. The zero-order chi connectivity index (χ0) is 14.0. The van der Waals surface area contributed by atoms with Gasteiger partial charge in [0.2, 0.25) is 0 Å². The minimum atomic E-state index is 0.0280. The van der Waals surface area contributed by atoms with E-state index in [9.17, 15) is 4.79 Å². The molecular weight excluding hydrogens is 388 g/mol. The van der Waals surface area contributed by atoms with Crippen LogP contribution in [-0.4, -0.2) is 12.0 Å². The third kappa shape index (κ3) is 3.30. The molecule has 0 aliphatic rings. The van der Waals surface area contributed by atoms with Gasteiger partial charge in [0.25, 0.3) is 0 Å². The second kappa shape index (κ2) is 6.25. The van der Waals surface area contributed by atoms with Crippen LogP contribution in [0.15, 0.2) is 50.2 Å². The first-order chi connectivity index (χ1) is 9.02. The van der Waals surface area contributed by atoms with Gasteiger partial charge in [0.1, 0.15) is 0 Å². The predicted octanol–water partition coefficient (Wildman–Crippen LogP) is 5.47. The Hall–Kier alpha value is -0.580. The molecule has 0 N–H and O–H groups in total. The average Bonchev–Trinajstić information content (AvgIpc) is 2.42. The number of rotatable bonds is 3. The molecule has 2 aromatic rings. The Morgan fingerprint density at radius 3 is 2.26 bits per heavy atom. The van der Waals surface area contributed by atoms with E-state index in [0.717, 1.165) is 19.4 Å². The quantitative estimate of drug-likeness (QED) is 0.502. The highest BCUT2D eigenvalue weighted by atomic mass is 79.9. The zero-order valence-corrected chi connectivity index (χ0v) is 14.5. The Balaban J connectivity index is 2.40. The third-order valence-electron chi connectivity index (χ3n) is 2.85. The fourth-order valence-electron chi connectivity index (χ4n) is 1.72. The Morgan fingerprint density at radius 1 is 1.05 bits per heavy atom. The van der Waals surface area contributed by atoms with Crippen molar-refractivity contribution >= 4 is 49.4 Å². The number of hydrogen-bond acceptors (Lipinski definition) is 2. The van der Waals surface area contributed by atoms with Gasteiger partial charge in [0.05, 0.1) is 0 Å². The summed E-state index contributed by atoms with van der Waals surface area (Å²) in [7, 11) is 0. The molecule has 0 unspecified atom stereocenters. The van der Waals surface area contributed by atoms with Crippen molar-refractivity contribution in [2.24, 2.45) is 0 Å². The number of hydrogen-bond donors (Lipinski definition) is 0. The van der Waals surface area contributed by atoms with Gasteiger partial charge in [-0.1, -0.05) is 31.9 Å². The first-order valence-electron chi connectivity index (χ1n) is 5.67.